The molecular weight excluding hydrogens is 443 g/mol. The zero-order valence-corrected chi connectivity index (χ0v) is 16.9. The molecule has 0 aliphatic carbocycles. The van der Waals surface area contributed by atoms with Gasteiger partial charge in [-0.1, -0.05) is 29.8 Å². The van der Waals surface area contributed by atoms with Crippen LogP contribution in [0.1, 0.15) is 17.2 Å². The molecule has 0 bridgehead atoms. The minimum atomic E-state index is -4.74. The molecule has 0 amide bonds. The van der Waals surface area contributed by atoms with E-state index >= 15 is 0 Å². The van der Waals surface area contributed by atoms with E-state index in [-0.39, 0.29) is 41.6 Å². The molecule has 1 atom stereocenters. The molecule has 0 aromatic heterocycles. The molecule has 0 unspecified atom stereocenters. The van der Waals surface area contributed by atoms with Gasteiger partial charge in [0.1, 0.15) is 11.6 Å². The maximum absolute atomic E-state index is 14.0. The molecule has 1 heterocycles. The molecular formula is C18H19Cl3F4N2O. The predicted octanol–water partition coefficient (Wildman–Crippen LogP) is 5.22. The fraction of sp³-hybridized carbons (Fsp3) is 0.333. The highest BCUT2D eigenvalue weighted by molar-refractivity contribution is 6.30. The number of hydrogen-bond acceptors (Lipinski definition) is 3. The van der Waals surface area contributed by atoms with Gasteiger partial charge in [0, 0.05) is 26.2 Å². The largest absolute Gasteiger partial charge is 0.573 e. The van der Waals surface area contributed by atoms with E-state index in [1.807, 2.05) is 0 Å². The third kappa shape index (κ3) is 6.39. The molecule has 1 fully saturated rings. The van der Waals surface area contributed by atoms with Gasteiger partial charge >= 0.3 is 6.36 Å². The van der Waals surface area contributed by atoms with Gasteiger partial charge in [-0.05, 0) is 35.4 Å². The Labute approximate surface area is 177 Å². The molecule has 3 rings (SSSR count). The molecule has 1 saturated heterocycles. The van der Waals surface area contributed by atoms with Crippen molar-refractivity contribution in [1.82, 2.24) is 10.2 Å². The number of nitrogens with one attached hydrogen (secondary N) is 1. The number of nitrogens with zero attached hydrogens (tertiary/aromatic N) is 1. The molecule has 1 aliphatic heterocycles. The minimum absolute atomic E-state index is 0. The lowest BCUT2D eigenvalue weighted by Crippen LogP contribution is -2.45. The Morgan fingerprint density at radius 1 is 0.964 bits per heavy atom. The number of rotatable bonds is 4. The lowest BCUT2D eigenvalue weighted by Gasteiger charge is -2.35. The van der Waals surface area contributed by atoms with Crippen molar-refractivity contribution < 1.29 is 22.3 Å². The van der Waals surface area contributed by atoms with Crippen LogP contribution in [0.25, 0.3) is 0 Å². The summed E-state index contributed by atoms with van der Waals surface area (Å²) in [6.07, 6.45) is -4.74. The fourth-order valence-electron chi connectivity index (χ4n) is 3.09. The third-order valence-corrected chi connectivity index (χ3v) is 4.51. The second-order valence-electron chi connectivity index (χ2n) is 5.98. The molecule has 1 aliphatic rings. The van der Waals surface area contributed by atoms with Crippen LogP contribution >= 0.6 is 36.4 Å². The standard InChI is InChI=1S/C18H17ClF4N2O.2ClH/c19-15-6-3-13(11-16(15)20)17(25-9-7-24-8-10-25)12-1-4-14(5-2-12)26-18(21,22)23;;/h1-6,11,17,24H,7-10H2;2*1H/t17-;;/m0../s1. The summed E-state index contributed by atoms with van der Waals surface area (Å²) in [5, 5.41) is 3.28. The summed E-state index contributed by atoms with van der Waals surface area (Å²) >= 11 is 5.78. The first-order chi connectivity index (χ1) is 12.3. The second-order valence-corrected chi connectivity index (χ2v) is 6.39. The summed E-state index contributed by atoms with van der Waals surface area (Å²) in [6.45, 7) is 3.02. The van der Waals surface area contributed by atoms with Crippen molar-refractivity contribution in [2.24, 2.45) is 0 Å². The summed E-state index contributed by atoms with van der Waals surface area (Å²) in [4.78, 5) is 2.15. The van der Waals surface area contributed by atoms with Crippen LogP contribution in [0.2, 0.25) is 5.02 Å². The van der Waals surface area contributed by atoms with Crippen molar-refractivity contribution in [2.45, 2.75) is 12.4 Å². The first-order valence-corrected chi connectivity index (χ1v) is 8.47. The van der Waals surface area contributed by atoms with Crippen LogP contribution in [0, 0.1) is 5.82 Å². The van der Waals surface area contributed by atoms with Gasteiger partial charge in [-0.3, -0.25) is 4.90 Å². The van der Waals surface area contributed by atoms with Gasteiger partial charge < -0.3 is 10.1 Å². The van der Waals surface area contributed by atoms with E-state index in [1.54, 1.807) is 18.2 Å². The molecule has 156 valence electrons. The lowest BCUT2D eigenvalue weighted by atomic mass is 9.96. The van der Waals surface area contributed by atoms with Crippen molar-refractivity contribution >= 4 is 36.4 Å². The number of ether oxygens (including phenoxy) is 1. The highest BCUT2D eigenvalue weighted by atomic mass is 35.5. The summed E-state index contributed by atoms with van der Waals surface area (Å²) in [6, 6.07) is 9.98. The van der Waals surface area contributed by atoms with Crippen LogP contribution in [-0.2, 0) is 0 Å². The molecule has 2 aromatic rings. The van der Waals surface area contributed by atoms with Gasteiger partial charge in [0.2, 0.25) is 0 Å². The van der Waals surface area contributed by atoms with E-state index < -0.39 is 12.2 Å². The molecule has 3 nitrogen and oxygen atoms in total. The van der Waals surface area contributed by atoms with Crippen LogP contribution in [0.4, 0.5) is 17.6 Å². The molecule has 0 saturated carbocycles. The maximum atomic E-state index is 14.0. The highest BCUT2D eigenvalue weighted by Crippen LogP contribution is 2.32. The third-order valence-electron chi connectivity index (χ3n) is 4.21. The van der Waals surface area contributed by atoms with E-state index in [0.29, 0.717) is 5.56 Å². The van der Waals surface area contributed by atoms with Crippen molar-refractivity contribution in [3.05, 3.63) is 64.4 Å². The van der Waals surface area contributed by atoms with Gasteiger partial charge in [-0.25, -0.2) is 4.39 Å². The van der Waals surface area contributed by atoms with E-state index in [9.17, 15) is 17.6 Å². The average molecular weight is 462 g/mol. The lowest BCUT2D eigenvalue weighted by molar-refractivity contribution is -0.274. The van der Waals surface area contributed by atoms with Crippen LogP contribution in [0.3, 0.4) is 0 Å². The van der Waals surface area contributed by atoms with Crippen molar-refractivity contribution in [3.8, 4) is 5.75 Å². The van der Waals surface area contributed by atoms with E-state index in [0.717, 1.165) is 31.7 Å². The second kappa shape index (κ2) is 10.5. The smallest absolute Gasteiger partial charge is 0.406 e. The van der Waals surface area contributed by atoms with E-state index in [1.165, 1.54) is 24.3 Å². The zero-order chi connectivity index (χ0) is 18.7. The van der Waals surface area contributed by atoms with Gasteiger partial charge in [-0.2, -0.15) is 0 Å². The van der Waals surface area contributed by atoms with Crippen LogP contribution in [0.5, 0.6) is 5.75 Å². The topological polar surface area (TPSA) is 24.5 Å². The van der Waals surface area contributed by atoms with E-state index in [4.69, 9.17) is 11.6 Å². The Morgan fingerprint density at radius 3 is 2.07 bits per heavy atom. The number of piperazine rings is 1. The quantitative estimate of drug-likeness (QED) is 0.632. The van der Waals surface area contributed by atoms with Crippen LogP contribution in [-0.4, -0.2) is 37.4 Å². The minimum Gasteiger partial charge on any atom is -0.406 e. The first kappa shape index (κ1) is 24.8. The molecule has 10 heteroatoms. The maximum Gasteiger partial charge on any atom is 0.573 e. The van der Waals surface area contributed by atoms with Gasteiger partial charge in [0.15, 0.2) is 0 Å². The first-order valence-electron chi connectivity index (χ1n) is 8.09. The highest BCUT2D eigenvalue weighted by Gasteiger charge is 2.31. The molecule has 28 heavy (non-hydrogen) atoms. The summed E-state index contributed by atoms with van der Waals surface area (Å²) < 4.78 is 54.9. The predicted molar refractivity (Wildman–Crippen MR) is 105 cm³/mol. The molecule has 0 spiro atoms. The van der Waals surface area contributed by atoms with Crippen LogP contribution < -0.4 is 10.1 Å². The number of alkyl halides is 3. The van der Waals surface area contributed by atoms with Crippen molar-refractivity contribution in [2.75, 3.05) is 26.2 Å². The fourth-order valence-corrected chi connectivity index (χ4v) is 3.21. The number of halogens is 7. The number of benzene rings is 2. The summed E-state index contributed by atoms with van der Waals surface area (Å²) in [5.74, 6) is -0.816. The summed E-state index contributed by atoms with van der Waals surface area (Å²) in [5.41, 5.74) is 1.45. The van der Waals surface area contributed by atoms with Gasteiger partial charge in [0.05, 0.1) is 11.1 Å². The molecule has 1 N–H and O–H groups in total. The average Bonchev–Trinajstić information content (AvgIpc) is 2.59. The Kier molecular flexibility index (Phi) is 9.30. The SMILES string of the molecule is Cl.Cl.Fc1cc([C@H](c2ccc(OC(F)(F)F)cc2)N2CCNCC2)ccc1Cl. The van der Waals surface area contributed by atoms with Crippen molar-refractivity contribution in [3.63, 3.8) is 0 Å². The molecule has 2 aromatic carbocycles. The number of hydrogen-bond donors (Lipinski definition) is 1. The van der Waals surface area contributed by atoms with Gasteiger partial charge in [0.25, 0.3) is 0 Å². The Balaban J connectivity index is 0.00000196. The Morgan fingerprint density at radius 2 is 1.54 bits per heavy atom. The van der Waals surface area contributed by atoms with Crippen LogP contribution in [0.15, 0.2) is 42.5 Å². The Hall–Kier alpha value is -1.25. The van der Waals surface area contributed by atoms with Crippen molar-refractivity contribution in [1.29, 1.82) is 0 Å². The normalized spacial score (nSPS) is 15.9. The zero-order valence-electron chi connectivity index (χ0n) is 14.5. The monoisotopic (exact) mass is 460 g/mol. The van der Waals surface area contributed by atoms with Gasteiger partial charge in [-0.15, -0.1) is 38.0 Å². The molecule has 0 radical (unpaired) electrons. The van der Waals surface area contributed by atoms with E-state index in [2.05, 4.69) is 15.0 Å². The Bertz CT molecular complexity index is 753. The summed E-state index contributed by atoms with van der Waals surface area (Å²) in [7, 11) is 0.